The van der Waals surface area contributed by atoms with Crippen molar-refractivity contribution in [3.8, 4) is 5.75 Å². The Balaban J connectivity index is 1.49. The lowest BCUT2D eigenvalue weighted by atomic mass is 10.1. The van der Waals surface area contributed by atoms with Crippen LogP contribution in [-0.4, -0.2) is 49.5 Å². The topological polar surface area (TPSA) is 74.1 Å². The van der Waals surface area contributed by atoms with Gasteiger partial charge in [0.1, 0.15) is 5.75 Å². The van der Waals surface area contributed by atoms with Gasteiger partial charge >= 0.3 is 0 Å². The summed E-state index contributed by atoms with van der Waals surface area (Å²) in [4.78, 5) is 27.2. The number of phenols is 1. The van der Waals surface area contributed by atoms with Crippen molar-refractivity contribution < 1.29 is 19.6 Å². The zero-order valence-electron chi connectivity index (χ0n) is 14.9. The molecule has 1 aliphatic heterocycles. The van der Waals surface area contributed by atoms with Crippen molar-refractivity contribution in [3.05, 3.63) is 54.1 Å². The average molecular weight is 354 g/mol. The van der Waals surface area contributed by atoms with Crippen LogP contribution in [0.2, 0.25) is 0 Å². The molecular formula is C20H24N3O3+. The van der Waals surface area contributed by atoms with Gasteiger partial charge in [-0.05, 0) is 43.3 Å². The Hall–Kier alpha value is -2.86. The zero-order valence-corrected chi connectivity index (χ0v) is 14.9. The number of hydrogen-bond donors (Lipinski definition) is 3. The number of rotatable bonds is 5. The quantitative estimate of drug-likeness (QED) is 0.699. The summed E-state index contributed by atoms with van der Waals surface area (Å²) in [6.07, 6.45) is 0. The van der Waals surface area contributed by atoms with Gasteiger partial charge in [0.15, 0.2) is 12.3 Å². The van der Waals surface area contributed by atoms with Gasteiger partial charge in [0.05, 0.1) is 26.2 Å². The maximum atomic E-state index is 12.3. The molecule has 1 amide bonds. The van der Waals surface area contributed by atoms with E-state index in [0.29, 0.717) is 17.8 Å². The minimum atomic E-state index is -0.0428. The van der Waals surface area contributed by atoms with Crippen LogP contribution in [0.3, 0.4) is 0 Å². The number of carbonyl (C=O) groups is 2. The molecule has 0 radical (unpaired) electrons. The van der Waals surface area contributed by atoms with Crippen molar-refractivity contribution in [2.24, 2.45) is 0 Å². The van der Waals surface area contributed by atoms with Crippen LogP contribution in [0.25, 0.3) is 0 Å². The van der Waals surface area contributed by atoms with E-state index in [-0.39, 0.29) is 17.4 Å². The Morgan fingerprint density at radius 2 is 1.81 bits per heavy atom. The molecule has 2 aromatic rings. The van der Waals surface area contributed by atoms with E-state index in [4.69, 9.17) is 0 Å². The van der Waals surface area contributed by atoms with Crippen molar-refractivity contribution in [3.63, 3.8) is 0 Å². The van der Waals surface area contributed by atoms with E-state index >= 15 is 0 Å². The number of anilines is 2. The van der Waals surface area contributed by atoms with Crippen LogP contribution in [0.1, 0.15) is 17.3 Å². The summed E-state index contributed by atoms with van der Waals surface area (Å²) < 4.78 is 0. The Labute approximate surface area is 153 Å². The third-order valence-corrected chi connectivity index (χ3v) is 4.65. The van der Waals surface area contributed by atoms with Crippen LogP contribution in [0.15, 0.2) is 48.5 Å². The highest BCUT2D eigenvalue weighted by atomic mass is 16.3. The van der Waals surface area contributed by atoms with Gasteiger partial charge in [-0.25, -0.2) is 0 Å². The number of quaternary nitrogens is 1. The fourth-order valence-electron chi connectivity index (χ4n) is 3.17. The summed E-state index contributed by atoms with van der Waals surface area (Å²) >= 11 is 0. The van der Waals surface area contributed by atoms with Crippen LogP contribution < -0.4 is 15.1 Å². The van der Waals surface area contributed by atoms with E-state index in [1.807, 2.05) is 12.1 Å². The van der Waals surface area contributed by atoms with E-state index in [0.717, 1.165) is 31.9 Å². The van der Waals surface area contributed by atoms with Crippen molar-refractivity contribution in [1.82, 2.24) is 0 Å². The fraction of sp³-hybridized carbons (Fsp3) is 0.300. The number of hydrogen-bond acceptors (Lipinski definition) is 4. The first-order valence-electron chi connectivity index (χ1n) is 8.79. The highest BCUT2D eigenvalue weighted by molar-refractivity contribution is 5.97. The minimum absolute atomic E-state index is 0.0166. The zero-order chi connectivity index (χ0) is 18.5. The van der Waals surface area contributed by atoms with Crippen LogP contribution in [0.5, 0.6) is 5.75 Å². The first-order chi connectivity index (χ1) is 12.5. The van der Waals surface area contributed by atoms with E-state index in [1.165, 1.54) is 11.8 Å². The van der Waals surface area contributed by atoms with E-state index in [1.54, 1.807) is 36.4 Å². The molecule has 0 bridgehead atoms. The Bertz CT molecular complexity index is 781. The van der Waals surface area contributed by atoms with Gasteiger partial charge in [0.25, 0.3) is 5.91 Å². The van der Waals surface area contributed by atoms with E-state index in [2.05, 4.69) is 10.2 Å². The SMILES string of the molecule is CC(=O)c1cccc(NC(=O)C[NH+]2CCN(c3ccc(O)cc3)CC2)c1. The van der Waals surface area contributed by atoms with Crippen LogP contribution in [0, 0.1) is 0 Å². The van der Waals surface area contributed by atoms with Crippen molar-refractivity contribution in [2.45, 2.75) is 6.92 Å². The number of nitrogens with zero attached hydrogens (tertiary/aromatic N) is 1. The maximum Gasteiger partial charge on any atom is 0.279 e. The Morgan fingerprint density at radius 3 is 2.46 bits per heavy atom. The minimum Gasteiger partial charge on any atom is -0.508 e. The molecule has 0 spiro atoms. The monoisotopic (exact) mass is 354 g/mol. The molecule has 1 aliphatic rings. The molecule has 0 saturated carbocycles. The summed E-state index contributed by atoms with van der Waals surface area (Å²) in [5.41, 5.74) is 2.34. The molecule has 1 heterocycles. The molecule has 26 heavy (non-hydrogen) atoms. The smallest absolute Gasteiger partial charge is 0.279 e. The van der Waals surface area contributed by atoms with Gasteiger partial charge in [-0.1, -0.05) is 12.1 Å². The lowest BCUT2D eigenvalue weighted by Crippen LogP contribution is -3.15. The van der Waals surface area contributed by atoms with E-state index < -0.39 is 0 Å². The fourth-order valence-corrected chi connectivity index (χ4v) is 3.17. The second-order valence-corrected chi connectivity index (χ2v) is 6.62. The molecular weight excluding hydrogens is 330 g/mol. The summed E-state index contributed by atoms with van der Waals surface area (Å²) in [5, 5.41) is 12.3. The highest BCUT2D eigenvalue weighted by Crippen LogP contribution is 2.18. The number of benzene rings is 2. The molecule has 136 valence electrons. The van der Waals surface area contributed by atoms with E-state index in [9.17, 15) is 14.7 Å². The molecule has 3 N–H and O–H groups in total. The molecule has 6 nitrogen and oxygen atoms in total. The van der Waals surface area contributed by atoms with Crippen molar-refractivity contribution in [2.75, 3.05) is 42.9 Å². The third-order valence-electron chi connectivity index (χ3n) is 4.65. The first kappa shape index (κ1) is 17.9. The summed E-state index contributed by atoms with van der Waals surface area (Å²) in [5.74, 6) is 0.208. The second-order valence-electron chi connectivity index (χ2n) is 6.62. The predicted molar refractivity (Wildman–Crippen MR) is 101 cm³/mol. The summed E-state index contributed by atoms with van der Waals surface area (Å²) in [6.45, 7) is 5.41. The number of aromatic hydroxyl groups is 1. The maximum absolute atomic E-state index is 12.3. The second kappa shape index (κ2) is 8.01. The van der Waals surface area contributed by atoms with Crippen LogP contribution in [0.4, 0.5) is 11.4 Å². The van der Waals surface area contributed by atoms with Gasteiger partial charge in [-0.3, -0.25) is 9.59 Å². The van der Waals surface area contributed by atoms with Crippen LogP contribution in [-0.2, 0) is 4.79 Å². The summed E-state index contributed by atoms with van der Waals surface area (Å²) in [6, 6.07) is 14.2. The average Bonchev–Trinajstić information content (AvgIpc) is 2.63. The number of carbonyl (C=O) groups excluding carboxylic acids is 2. The Kier molecular flexibility index (Phi) is 5.53. The number of Topliss-reactive ketones (excluding diaryl/α,β-unsaturated/α-hetero) is 1. The normalized spacial score (nSPS) is 14.9. The molecule has 0 aliphatic carbocycles. The van der Waals surface area contributed by atoms with Crippen LogP contribution >= 0.6 is 0 Å². The largest absolute Gasteiger partial charge is 0.508 e. The molecule has 6 heteroatoms. The molecule has 0 aromatic heterocycles. The lowest BCUT2D eigenvalue weighted by Gasteiger charge is -2.33. The van der Waals surface area contributed by atoms with Crippen molar-refractivity contribution in [1.29, 1.82) is 0 Å². The molecule has 0 atom stereocenters. The molecule has 3 rings (SSSR count). The standard InChI is InChI=1S/C20H23N3O3/c1-15(24)16-3-2-4-17(13-16)21-20(26)14-22-9-11-23(12-10-22)18-5-7-19(25)8-6-18/h2-8,13,25H,9-12,14H2,1H3,(H,21,26)/p+1. The molecule has 1 fully saturated rings. The predicted octanol–water partition coefficient (Wildman–Crippen LogP) is 0.938. The first-order valence-corrected chi connectivity index (χ1v) is 8.79. The molecule has 2 aromatic carbocycles. The third kappa shape index (κ3) is 4.61. The number of ketones is 1. The molecule has 0 unspecified atom stereocenters. The lowest BCUT2D eigenvalue weighted by molar-refractivity contribution is -0.892. The number of amides is 1. The van der Waals surface area contributed by atoms with Gasteiger partial charge in [0.2, 0.25) is 0 Å². The van der Waals surface area contributed by atoms with Gasteiger partial charge in [-0.2, -0.15) is 0 Å². The van der Waals surface area contributed by atoms with Gasteiger partial charge in [-0.15, -0.1) is 0 Å². The number of piperazine rings is 1. The number of nitrogens with one attached hydrogen (secondary N) is 2. The summed E-state index contributed by atoms with van der Waals surface area (Å²) in [7, 11) is 0. The number of phenolic OH excluding ortho intramolecular Hbond substituents is 1. The van der Waals surface area contributed by atoms with Crippen molar-refractivity contribution >= 4 is 23.1 Å². The Morgan fingerprint density at radius 1 is 1.12 bits per heavy atom. The van der Waals surface area contributed by atoms with Gasteiger partial charge < -0.3 is 20.2 Å². The highest BCUT2D eigenvalue weighted by Gasteiger charge is 2.22. The molecule has 1 saturated heterocycles. The van der Waals surface area contributed by atoms with Gasteiger partial charge in [0, 0.05) is 16.9 Å².